The second-order valence-electron chi connectivity index (χ2n) is 4.56. The lowest BCUT2D eigenvalue weighted by Crippen LogP contribution is -2.41. The van der Waals surface area contributed by atoms with Crippen molar-refractivity contribution in [3.05, 3.63) is 0 Å². The van der Waals surface area contributed by atoms with E-state index in [2.05, 4.69) is 0 Å². The van der Waals surface area contributed by atoms with Gasteiger partial charge in [0.2, 0.25) is 0 Å². The zero-order chi connectivity index (χ0) is 13.5. The Morgan fingerprint density at radius 2 is 2.17 bits per heavy atom. The summed E-state index contributed by atoms with van der Waals surface area (Å²) < 4.78 is 9.91. The van der Waals surface area contributed by atoms with Gasteiger partial charge in [0, 0.05) is 6.42 Å². The molecule has 0 aliphatic carbocycles. The van der Waals surface area contributed by atoms with Crippen LogP contribution in [-0.2, 0) is 14.3 Å². The van der Waals surface area contributed by atoms with Crippen LogP contribution in [0.4, 0.5) is 0 Å². The number of rotatable bonds is 7. The Kier molecular flexibility index (Phi) is 6.56. The van der Waals surface area contributed by atoms with Crippen molar-refractivity contribution >= 4 is 5.97 Å². The molecular formula is C12H22O6. The van der Waals surface area contributed by atoms with Gasteiger partial charge < -0.3 is 24.8 Å². The molecule has 0 bridgehead atoms. The minimum Gasteiger partial charge on any atom is -0.463 e. The molecule has 6 heteroatoms. The summed E-state index contributed by atoms with van der Waals surface area (Å²) in [5.74, 6) is -0.365. The third-order valence-electron chi connectivity index (χ3n) is 2.97. The Bertz CT molecular complexity index is 257. The average Bonchev–Trinajstić information content (AvgIpc) is 2.67. The zero-order valence-corrected chi connectivity index (χ0v) is 10.6. The highest BCUT2D eigenvalue weighted by atomic mass is 16.6. The Hall–Kier alpha value is -0.690. The molecule has 0 aromatic rings. The molecule has 0 amide bonds. The number of aliphatic hydroxyl groups is 3. The second-order valence-corrected chi connectivity index (χ2v) is 4.56. The predicted octanol–water partition coefficient (Wildman–Crippen LogP) is -0.409. The van der Waals surface area contributed by atoms with Gasteiger partial charge in [0.15, 0.2) is 0 Å². The van der Waals surface area contributed by atoms with Crippen molar-refractivity contribution in [3.63, 3.8) is 0 Å². The van der Waals surface area contributed by atoms with Crippen molar-refractivity contribution in [2.24, 2.45) is 0 Å². The van der Waals surface area contributed by atoms with Gasteiger partial charge in [-0.1, -0.05) is 19.8 Å². The van der Waals surface area contributed by atoms with Crippen molar-refractivity contribution in [2.45, 2.75) is 57.0 Å². The normalized spacial score (nSPS) is 29.2. The molecule has 1 saturated heterocycles. The van der Waals surface area contributed by atoms with Gasteiger partial charge in [0.25, 0.3) is 0 Å². The number of carbonyl (C=O) groups excluding carboxylic acids is 1. The summed E-state index contributed by atoms with van der Waals surface area (Å²) in [6.45, 7) is 1.80. The van der Waals surface area contributed by atoms with E-state index in [1.165, 1.54) is 0 Å². The molecule has 6 nitrogen and oxygen atoms in total. The Balaban J connectivity index is 2.20. The van der Waals surface area contributed by atoms with Crippen LogP contribution >= 0.6 is 0 Å². The third kappa shape index (κ3) is 4.53. The Morgan fingerprint density at radius 3 is 2.72 bits per heavy atom. The van der Waals surface area contributed by atoms with Crippen LogP contribution < -0.4 is 0 Å². The molecule has 1 aliphatic rings. The van der Waals surface area contributed by atoms with Crippen LogP contribution in [0.1, 0.15) is 32.6 Å². The van der Waals surface area contributed by atoms with Crippen molar-refractivity contribution in [2.75, 3.05) is 13.2 Å². The lowest BCUT2D eigenvalue weighted by Gasteiger charge is -2.20. The molecule has 0 saturated carbocycles. The third-order valence-corrected chi connectivity index (χ3v) is 2.97. The minimum absolute atomic E-state index is 0.0205. The van der Waals surface area contributed by atoms with Crippen LogP contribution in [-0.4, -0.2) is 58.9 Å². The van der Waals surface area contributed by atoms with E-state index < -0.39 is 24.4 Å². The maximum Gasteiger partial charge on any atom is 0.305 e. The summed E-state index contributed by atoms with van der Waals surface area (Å²) in [5.41, 5.74) is 0. The van der Waals surface area contributed by atoms with Gasteiger partial charge in [-0.2, -0.15) is 0 Å². The highest BCUT2D eigenvalue weighted by Crippen LogP contribution is 2.17. The summed E-state index contributed by atoms with van der Waals surface area (Å²) in [7, 11) is 0. The number of hydrogen-bond acceptors (Lipinski definition) is 6. The molecule has 0 aromatic carbocycles. The van der Waals surface area contributed by atoms with Gasteiger partial charge in [-0.15, -0.1) is 0 Å². The summed E-state index contributed by atoms with van der Waals surface area (Å²) >= 11 is 0. The van der Waals surface area contributed by atoms with Crippen molar-refractivity contribution < 1.29 is 29.6 Å². The molecule has 1 heterocycles. The standard InChI is InChI=1S/C12H22O6/c1-2-3-4-5-10(15)17-7-9(14)12-11(16)8(13)6-18-12/h8-9,11-14,16H,2-7H2,1H3. The molecule has 1 fully saturated rings. The monoisotopic (exact) mass is 262 g/mol. The number of esters is 1. The average molecular weight is 262 g/mol. The quantitative estimate of drug-likeness (QED) is 0.426. The molecule has 3 N–H and O–H groups in total. The fourth-order valence-corrected chi connectivity index (χ4v) is 1.83. The summed E-state index contributed by atoms with van der Waals surface area (Å²) in [6, 6.07) is 0. The molecule has 18 heavy (non-hydrogen) atoms. The van der Waals surface area contributed by atoms with Crippen molar-refractivity contribution in [3.8, 4) is 0 Å². The van der Waals surface area contributed by atoms with E-state index in [1.807, 2.05) is 6.92 Å². The fraction of sp³-hybridized carbons (Fsp3) is 0.917. The smallest absolute Gasteiger partial charge is 0.305 e. The van der Waals surface area contributed by atoms with Gasteiger partial charge in [-0.3, -0.25) is 4.79 Å². The van der Waals surface area contributed by atoms with E-state index in [-0.39, 0.29) is 19.2 Å². The molecule has 0 radical (unpaired) electrons. The van der Waals surface area contributed by atoms with Crippen LogP contribution in [0.3, 0.4) is 0 Å². The molecule has 4 unspecified atom stereocenters. The Morgan fingerprint density at radius 1 is 1.44 bits per heavy atom. The van der Waals surface area contributed by atoms with Gasteiger partial charge in [-0.25, -0.2) is 0 Å². The van der Waals surface area contributed by atoms with E-state index >= 15 is 0 Å². The molecular weight excluding hydrogens is 240 g/mol. The lowest BCUT2D eigenvalue weighted by atomic mass is 10.1. The van der Waals surface area contributed by atoms with Crippen molar-refractivity contribution in [1.82, 2.24) is 0 Å². The topological polar surface area (TPSA) is 96.2 Å². The van der Waals surface area contributed by atoms with E-state index in [4.69, 9.17) is 9.47 Å². The van der Waals surface area contributed by atoms with Crippen LogP contribution in [0.5, 0.6) is 0 Å². The molecule has 106 valence electrons. The fourth-order valence-electron chi connectivity index (χ4n) is 1.83. The summed E-state index contributed by atoms with van der Waals surface area (Å²) in [5, 5.41) is 28.4. The van der Waals surface area contributed by atoms with Gasteiger partial charge in [-0.05, 0) is 6.42 Å². The van der Waals surface area contributed by atoms with Crippen LogP contribution in [0.25, 0.3) is 0 Å². The number of hydrogen-bond donors (Lipinski definition) is 3. The summed E-state index contributed by atoms with van der Waals surface area (Å²) in [4.78, 5) is 11.3. The second kappa shape index (κ2) is 7.68. The SMILES string of the molecule is CCCCCC(=O)OCC(O)C1OCC(O)C1O. The zero-order valence-electron chi connectivity index (χ0n) is 10.6. The first-order valence-electron chi connectivity index (χ1n) is 6.37. The molecule has 1 rings (SSSR count). The first kappa shape index (κ1) is 15.4. The molecule has 1 aliphatic heterocycles. The highest BCUT2D eigenvalue weighted by molar-refractivity contribution is 5.69. The number of unbranched alkanes of at least 4 members (excludes halogenated alkanes) is 2. The van der Waals surface area contributed by atoms with Crippen molar-refractivity contribution in [1.29, 1.82) is 0 Å². The first-order valence-corrected chi connectivity index (χ1v) is 6.37. The number of aliphatic hydroxyl groups excluding tert-OH is 3. The van der Waals surface area contributed by atoms with E-state index in [0.29, 0.717) is 6.42 Å². The van der Waals surface area contributed by atoms with Crippen LogP contribution in [0.2, 0.25) is 0 Å². The highest BCUT2D eigenvalue weighted by Gasteiger charge is 2.39. The van der Waals surface area contributed by atoms with Gasteiger partial charge in [0.1, 0.15) is 31.0 Å². The Labute approximate surface area is 107 Å². The van der Waals surface area contributed by atoms with Gasteiger partial charge >= 0.3 is 5.97 Å². The van der Waals surface area contributed by atoms with E-state index in [0.717, 1.165) is 19.3 Å². The molecule has 4 atom stereocenters. The van der Waals surface area contributed by atoms with E-state index in [1.54, 1.807) is 0 Å². The maximum absolute atomic E-state index is 11.3. The van der Waals surface area contributed by atoms with Crippen LogP contribution in [0, 0.1) is 0 Å². The largest absolute Gasteiger partial charge is 0.463 e. The lowest BCUT2D eigenvalue weighted by molar-refractivity contribution is -0.151. The maximum atomic E-state index is 11.3. The summed E-state index contributed by atoms with van der Waals surface area (Å²) in [6.07, 6.45) is -1.06. The molecule has 0 aromatic heterocycles. The minimum atomic E-state index is -1.14. The molecule has 0 spiro atoms. The van der Waals surface area contributed by atoms with Gasteiger partial charge in [0.05, 0.1) is 6.61 Å². The van der Waals surface area contributed by atoms with E-state index in [9.17, 15) is 20.1 Å². The van der Waals surface area contributed by atoms with Crippen LogP contribution in [0.15, 0.2) is 0 Å². The number of carbonyl (C=O) groups is 1. The first-order chi connectivity index (χ1) is 8.56. The number of ether oxygens (including phenoxy) is 2. The predicted molar refractivity (Wildman–Crippen MR) is 62.9 cm³/mol.